The van der Waals surface area contributed by atoms with Crippen LogP contribution in [0.25, 0.3) is 0 Å². The van der Waals surface area contributed by atoms with Gasteiger partial charge in [0.1, 0.15) is 0 Å². The number of rotatable bonds is 19. The molecule has 1 aromatic rings. The lowest BCUT2D eigenvalue weighted by molar-refractivity contribution is 0.0635. The van der Waals surface area contributed by atoms with Gasteiger partial charge in [-0.05, 0) is 30.7 Å². The molecule has 0 bridgehead atoms. The zero-order valence-corrected chi connectivity index (χ0v) is 23.6. The number of nitrogens with zero attached hydrogens (tertiary/aromatic N) is 2. The van der Waals surface area contributed by atoms with Crippen LogP contribution in [-0.4, -0.2) is 48.4 Å². The van der Waals surface area contributed by atoms with Crippen LogP contribution in [0.4, 0.5) is 0 Å². The summed E-state index contributed by atoms with van der Waals surface area (Å²) in [7, 11) is 0. The van der Waals surface area contributed by atoms with Crippen molar-refractivity contribution in [3.8, 4) is 0 Å². The van der Waals surface area contributed by atoms with Gasteiger partial charge in [-0.3, -0.25) is 9.69 Å². The van der Waals surface area contributed by atoms with Gasteiger partial charge in [-0.2, -0.15) is 0 Å². The Balaban J connectivity index is 1.37. The second-order valence-electron chi connectivity index (χ2n) is 10.3. The summed E-state index contributed by atoms with van der Waals surface area (Å²) in [5, 5.41) is 0.833. The number of carbonyl (C=O) groups is 1. The number of halogens is 1. The third-order valence-corrected chi connectivity index (χ3v) is 7.99. The molecule has 0 unspecified atom stereocenters. The van der Waals surface area contributed by atoms with Crippen LogP contribution in [0, 0.1) is 0 Å². The standard InChI is InChI=1S/C30H51BrN2O/c1-2-3-4-5-6-7-8-9-10-11-12-13-14-15-16-17-22-32-23-25-33(26-24-32)30(34)29-20-18-28(27-31)19-21-29/h18-21H,2-17,22-27H2,1H3. The Kier molecular flexibility index (Phi) is 16.7. The molecule has 1 heterocycles. The Bertz CT molecular complexity index is 625. The highest BCUT2D eigenvalue weighted by molar-refractivity contribution is 9.08. The normalized spacial score (nSPS) is 14.6. The Labute approximate surface area is 219 Å². The van der Waals surface area contributed by atoms with Gasteiger partial charge in [0, 0.05) is 37.1 Å². The fourth-order valence-corrected chi connectivity index (χ4v) is 5.35. The molecule has 0 N–H and O–H groups in total. The van der Waals surface area contributed by atoms with E-state index in [1.165, 1.54) is 115 Å². The minimum Gasteiger partial charge on any atom is -0.336 e. The van der Waals surface area contributed by atoms with E-state index in [9.17, 15) is 4.79 Å². The molecular formula is C30H51BrN2O. The monoisotopic (exact) mass is 534 g/mol. The predicted octanol–water partition coefficient (Wildman–Crippen LogP) is 8.60. The molecule has 0 aliphatic carbocycles. The molecule has 4 heteroatoms. The summed E-state index contributed by atoms with van der Waals surface area (Å²) in [6.45, 7) is 7.24. The molecule has 0 atom stereocenters. The first-order chi connectivity index (χ1) is 16.7. The van der Waals surface area contributed by atoms with Crippen molar-refractivity contribution in [3.63, 3.8) is 0 Å². The minimum absolute atomic E-state index is 0.184. The molecule has 1 aliphatic rings. The Morgan fingerprint density at radius 2 is 1.12 bits per heavy atom. The van der Waals surface area contributed by atoms with Crippen LogP contribution in [0.5, 0.6) is 0 Å². The maximum absolute atomic E-state index is 12.7. The average Bonchev–Trinajstić information content (AvgIpc) is 2.88. The van der Waals surface area contributed by atoms with Crippen molar-refractivity contribution in [1.29, 1.82) is 0 Å². The molecule has 0 radical (unpaired) electrons. The third-order valence-electron chi connectivity index (χ3n) is 7.34. The Morgan fingerprint density at radius 1 is 0.676 bits per heavy atom. The molecule has 2 rings (SSSR count). The summed E-state index contributed by atoms with van der Waals surface area (Å²) < 4.78 is 0. The lowest BCUT2D eigenvalue weighted by Gasteiger charge is -2.34. The summed E-state index contributed by atoms with van der Waals surface area (Å²) in [6, 6.07) is 7.99. The maximum atomic E-state index is 12.7. The second kappa shape index (κ2) is 19.3. The van der Waals surface area contributed by atoms with Crippen LogP contribution in [0.15, 0.2) is 24.3 Å². The Hall–Kier alpha value is -0.870. The van der Waals surface area contributed by atoms with E-state index in [2.05, 4.69) is 27.8 Å². The van der Waals surface area contributed by atoms with Crippen molar-refractivity contribution >= 4 is 21.8 Å². The van der Waals surface area contributed by atoms with Gasteiger partial charge < -0.3 is 4.90 Å². The fraction of sp³-hybridized carbons (Fsp3) is 0.767. The number of hydrogen-bond acceptors (Lipinski definition) is 2. The first kappa shape index (κ1) is 29.4. The summed E-state index contributed by atoms with van der Waals surface area (Å²) in [5.74, 6) is 0.184. The van der Waals surface area contributed by atoms with E-state index >= 15 is 0 Å². The smallest absolute Gasteiger partial charge is 0.253 e. The summed E-state index contributed by atoms with van der Waals surface area (Å²) in [5.41, 5.74) is 2.02. The zero-order chi connectivity index (χ0) is 24.3. The molecule has 194 valence electrons. The molecule has 0 aromatic heterocycles. The molecule has 1 fully saturated rings. The highest BCUT2D eigenvalue weighted by Gasteiger charge is 2.21. The van der Waals surface area contributed by atoms with Gasteiger partial charge in [-0.15, -0.1) is 0 Å². The largest absolute Gasteiger partial charge is 0.336 e. The van der Waals surface area contributed by atoms with Gasteiger partial charge in [0.15, 0.2) is 0 Å². The maximum Gasteiger partial charge on any atom is 0.253 e. The van der Waals surface area contributed by atoms with E-state index in [0.717, 1.165) is 37.1 Å². The summed E-state index contributed by atoms with van der Waals surface area (Å²) >= 11 is 3.46. The number of unbranched alkanes of at least 4 members (excludes halogenated alkanes) is 15. The molecule has 34 heavy (non-hydrogen) atoms. The van der Waals surface area contributed by atoms with E-state index in [0.29, 0.717) is 0 Å². The van der Waals surface area contributed by atoms with E-state index < -0.39 is 0 Å². The number of benzene rings is 1. The van der Waals surface area contributed by atoms with Crippen molar-refractivity contribution in [2.24, 2.45) is 0 Å². The molecule has 3 nitrogen and oxygen atoms in total. The van der Waals surface area contributed by atoms with Gasteiger partial charge in [0.05, 0.1) is 0 Å². The van der Waals surface area contributed by atoms with Crippen LogP contribution >= 0.6 is 15.9 Å². The predicted molar refractivity (Wildman–Crippen MR) is 151 cm³/mol. The lowest BCUT2D eigenvalue weighted by Crippen LogP contribution is -2.48. The first-order valence-corrected chi connectivity index (χ1v) is 15.5. The van der Waals surface area contributed by atoms with Crippen molar-refractivity contribution in [1.82, 2.24) is 9.80 Å². The van der Waals surface area contributed by atoms with Gasteiger partial charge in [0.2, 0.25) is 0 Å². The molecule has 1 aliphatic heterocycles. The number of alkyl halides is 1. The quantitative estimate of drug-likeness (QED) is 0.131. The van der Waals surface area contributed by atoms with Gasteiger partial charge in [0.25, 0.3) is 5.91 Å². The highest BCUT2D eigenvalue weighted by Crippen LogP contribution is 2.15. The van der Waals surface area contributed by atoms with Crippen molar-refractivity contribution < 1.29 is 4.79 Å². The number of amides is 1. The highest BCUT2D eigenvalue weighted by atomic mass is 79.9. The molecule has 0 saturated carbocycles. The summed E-state index contributed by atoms with van der Waals surface area (Å²) in [6.07, 6.45) is 22.7. The molecule has 1 saturated heterocycles. The van der Waals surface area contributed by atoms with Crippen LogP contribution in [0.3, 0.4) is 0 Å². The summed E-state index contributed by atoms with van der Waals surface area (Å²) in [4.78, 5) is 17.3. The minimum atomic E-state index is 0.184. The lowest BCUT2D eigenvalue weighted by atomic mass is 10.0. The topological polar surface area (TPSA) is 23.6 Å². The van der Waals surface area contributed by atoms with Gasteiger partial charge in [-0.1, -0.05) is 131 Å². The van der Waals surface area contributed by atoms with Gasteiger partial charge in [-0.25, -0.2) is 0 Å². The molecular weight excluding hydrogens is 484 g/mol. The van der Waals surface area contributed by atoms with Crippen LogP contribution in [-0.2, 0) is 5.33 Å². The molecule has 1 amide bonds. The fourth-order valence-electron chi connectivity index (χ4n) is 4.98. The number of piperazine rings is 1. The van der Waals surface area contributed by atoms with Crippen molar-refractivity contribution in [2.45, 2.75) is 115 Å². The van der Waals surface area contributed by atoms with Crippen LogP contribution < -0.4 is 0 Å². The molecule has 0 spiro atoms. The van der Waals surface area contributed by atoms with Crippen LogP contribution in [0.2, 0.25) is 0 Å². The van der Waals surface area contributed by atoms with E-state index in [1.54, 1.807) is 0 Å². The average molecular weight is 536 g/mol. The van der Waals surface area contributed by atoms with Crippen molar-refractivity contribution in [3.05, 3.63) is 35.4 Å². The third kappa shape index (κ3) is 12.7. The van der Waals surface area contributed by atoms with Crippen molar-refractivity contribution in [2.75, 3.05) is 32.7 Å². The van der Waals surface area contributed by atoms with E-state index in [-0.39, 0.29) is 5.91 Å². The van der Waals surface area contributed by atoms with E-state index in [1.807, 2.05) is 29.2 Å². The SMILES string of the molecule is CCCCCCCCCCCCCCCCCCN1CCN(C(=O)c2ccc(CBr)cc2)CC1. The Morgan fingerprint density at radius 3 is 1.56 bits per heavy atom. The van der Waals surface area contributed by atoms with E-state index in [4.69, 9.17) is 0 Å². The number of hydrogen-bond donors (Lipinski definition) is 0. The zero-order valence-electron chi connectivity index (χ0n) is 22.0. The second-order valence-corrected chi connectivity index (χ2v) is 10.8. The van der Waals surface area contributed by atoms with Gasteiger partial charge >= 0.3 is 0 Å². The number of carbonyl (C=O) groups excluding carboxylic acids is 1. The van der Waals surface area contributed by atoms with Crippen LogP contribution in [0.1, 0.15) is 126 Å². The molecule has 1 aromatic carbocycles. The first-order valence-electron chi connectivity index (χ1n) is 14.4.